The second-order valence-electron chi connectivity index (χ2n) is 6.03. The second kappa shape index (κ2) is 7.21. The molecule has 1 aliphatic carbocycles. The second-order valence-corrected chi connectivity index (χ2v) is 6.03. The van der Waals surface area contributed by atoms with Gasteiger partial charge in [0.05, 0.1) is 13.2 Å². The lowest BCUT2D eigenvalue weighted by Gasteiger charge is -2.15. The van der Waals surface area contributed by atoms with Crippen LogP contribution in [0.3, 0.4) is 0 Å². The average Bonchev–Trinajstić information content (AvgIpc) is 3.17. The summed E-state index contributed by atoms with van der Waals surface area (Å²) >= 11 is 0. The van der Waals surface area contributed by atoms with Gasteiger partial charge in [0.1, 0.15) is 0 Å². The van der Waals surface area contributed by atoms with Crippen molar-refractivity contribution in [3.05, 3.63) is 35.4 Å². The number of benzene rings is 1. The van der Waals surface area contributed by atoms with Gasteiger partial charge in [0.25, 0.3) is 0 Å². The van der Waals surface area contributed by atoms with E-state index in [0.29, 0.717) is 0 Å². The highest BCUT2D eigenvalue weighted by Gasteiger charge is 2.20. The first-order valence-electron chi connectivity index (χ1n) is 8.02. The molecular weight excluding hydrogens is 248 g/mol. The summed E-state index contributed by atoms with van der Waals surface area (Å²) in [4.78, 5) is 2.50. The Morgan fingerprint density at radius 1 is 1.10 bits per heavy atom. The highest BCUT2D eigenvalue weighted by molar-refractivity contribution is 5.26. The van der Waals surface area contributed by atoms with Crippen molar-refractivity contribution in [2.24, 2.45) is 0 Å². The summed E-state index contributed by atoms with van der Waals surface area (Å²) in [5.74, 6) is 0. The molecule has 3 heteroatoms. The quantitative estimate of drug-likeness (QED) is 0.737. The van der Waals surface area contributed by atoms with Crippen LogP contribution in [0.2, 0.25) is 0 Å². The molecule has 1 saturated carbocycles. The monoisotopic (exact) mass is 274 g/mol. The van der Waals surface area contributed by atoms with Crippen LogP contribution in [0.1, 0.15) is 36.8 Å². The number of nitrogens with zero attached hydrogens (tertiary/aromatic N) is 1. The van der Waals surface area contributed by atoms with E-state index in [0.717, 1.165) is 32.3 Å². The molecule has 20 heavy (non-hydrogen) atoms. The smallest absolute Gasteiger partial charge is 0.0720 e. The molecule has 0 amide bonds. The minimum Gasteiger partial charge on any atom is -0.375 e. The molecule has 1 aromatic rings. The number of likely N-dealkylation sites (tertiary alicyclic amines) is 1. The third-order valence-electron chi connectivity index (χ3n) is 4.29. The van der Waals surface area contributed by atoms with E-state index in [9.17, 15) is 0 Å². The Hall–Kier alpha value is -0.900. The van der Waals surface area contributed by atoms with Gasteiger partial charge >= 0.3 is 0 Å². The molecule has 3 rings (SSSR count). The van der Waals surface area contributed by atoms with Crippen LogP contribution < -0.4 is 5.32 Å². The number of ether oxygens (including phenoxy) is 1. The summed E-state index contributed by atoms with van der Waals surface area (Å²) in [5, 5.41) is 3.58. The molecule has 0 aromatic heterocycles. The predicted molar refractivity (Wildman–Crippen MR) is 81.6 cm³/mol. The highest BCUT2D eigenvalue weighted by atomic mass is 16.5. The van der Waals surface area contributed by atoms with E-state index in [1.165, 1.54) is 49.9 Å². The van der Waals surface area contributed by atoms with Crippen LogP contribution in [0.25, 0.3) is 0 Å². The Morgan fingerprint density at radius 3 is 2.60 bits per heavy atom. The first-order valence-corrected chi connectivity index (χ1v) is 8.02. The summed E-state index contributed by atoms with van der Waals surface area (Å²) in [5.41, 5.74) is 2.72. The maximum absolute atomic E-state index is 5.88. The van der Waals surface area contributed by atoms with Gasteiger partial charge in [0, 0.05) is 19.1 Å². The van der Waals surface area contributed by atoms with Crippen LogP contribution in [0.15, 0.2) is 24.3 Å². The fourth-order valence-electron chi connectivity index (χ4n) is 2.79. The third-order valence-corrected chi connectivity index (χ3v) is 4.29. The van der Waals surface area contributed by atoms with Crippen LogP contribution in [0, 0.1) is 0 Å². The molecule has 1 saturated heterocycles. The molecule has 1 N–H and O–H groups in total. The summed E-state index contributed by atoms with van der Waals surface area (Å²) in [6.45, 7) is 6.18. The lowest BCUT2D eigenvalue weighted by molar-refractivity contribution is 0.0987. The molecule has 0 radical (unpaired) electrons. The van der Waals surface area contributed by atoms with Crippen molar-refractivity contribution in [3.63, 3.8) is 0 Å². The third kappa shape index (κ3) is 4.30. The van der Waals surface area contributed by atoms with E-state index >= 15 is 0 Å². The minimum atomic E-state index is 0.746. The molecule has 0 atom stereocenters. The first kappa shape index (κ1) is 14.1. The molecule has 0 unspecified atom stereocenters. The van der Waals surface area contributed by atoms with Gasteiger partial charge in [-0.15, -0.1) is 0 Å². The topological polar surface area (TPSA) is 24.5 Å². The molecule has 2 fully saturated rings. The molecule has 2 aliphatic rings. The van der Waals surface area contributed by atoms with Crippen LogP contribution in [-0.2, 0) is 17.9 Å². The molecule has 110 valence electrons. The van der Waals surface area contributed by atoms with Crippen LogP contribution >= 0.6 is 0 Å². The fraction of sp³-hybridized carbons (Fsp3) is 0.647. The summed E-state index contributed by atoms with van der Waals surface area (Å²) < 4.78 is 5.88. The minimum absolute atomic E-state index is 0.746. The van der Waals surface area contributed by atoms with E-state index in [1.54, 1.807) is 0 Å². The standard InChI is InChI=1S/C17H26N2O/c1-2-6-16(15(5-1)13-18-17-7-8-17)14-20-12-11-19-9-3-4-10-19/h1-2,5-6,17-18H,3-4,7-14H2. The maximum atomic E-state index is 5.88. The summed E-state index contributed by atoms with van der Waals surface area (Å²) in [7, 11) is 0. The lowest BCUT2D eigenvalue weighted by Crippen LogP contribution is -2.24. The van der Waals surface area contributed by atoms with Crippen molar-refractivity contribution >= 4 is 0 Å². The van der Waals surface area contributed by atoms with Crippen molar-refractivity contribution in [3.8, 4) is 0 Å². The molecule has 1 aromatic carbocycles. The van der Waals surface area contributed by atoms with E-state index in [1.807, 2.05) is 0 Å². The van der Waals surface area contributed by atoms with Gasteiger partial charge < -0.3 is 15.0 Å². The Morgan fingerprint density at radius 2 is 1.85 bits per heavy atom. The van der Waals surface area contributed by atoms with E-state index in [4.69, 9.17) is 4.74 Å². The van der Waals surface area contributed by atoms with Gasteiger partial charge in [0.15, 0.2) is 0 Å². The zero-order chi connectivity index (χ0) is 13.6. The predicted octanol–water partition coefficient (Wildman–Crippen LogP) is 2.55. The molecule has 1 heterocycles. The molecule has 3 nitrogen and oxygen atoms in total. The Balaban J connectivity index is 1.41. The molecule has 0 spiro atoms. The van der Waals surface area contributed by atoms with Gasteiger partial charge in [-0.2, -0.15) is 0 Å². The van der Waals surface area contributed by atoms with Crippen LogP contribution in [-0.4, -0.2) is 37.2 Å². The zero-order valence-electron chi connectivity index (χ0n) is 12.3. The molecule has 1 aliphatic heterocycles. The summed E-state index contributed by atoms with van der Waals surface area (Å²) in [6, 6.07) is 9.41. The normalized spacial score (nSPS) is 19.6. The van der Waals surface area contributed by atoms with E-state index in [-0.39, 0.29) is 0 Å². The van der Waals surface area contributed by atoms with E-state index in [2.05, 4.69) is 34.5 Å². The van der Waals surface area contributed by atoms with Crippen molar-refractivity contribution in [1.82, 2.24) is 10.2 Å². The number of nitrogens with one attached hydrogen (secondary N) is 1. The Bertz CT molecular complexity index is 411. The summed E-state index contributed by atoms with van der Waals surface area (Å²) in [6.07, 6.45) is 5.40. The first-order chi connectivity index (χ1) is 9.92. The van der Waals surface area contributed by atoms with Crippen LogP contribution in [0.5, 0.6) is 0 Å². The van der Waals surface area contributed by atoms with Gasteiger partial charge in [0.2, 0.25) is 0 Å². The Kier molecular flexibility index (Phi) is 5.06. The van der Waals surface area contributed by atoms with Gasteiger partial charge in [-0.05, 0) is 49.9 Å². The SMILES string of the molecule is c1ccc(COCCN2CCCC2)c(CNC2CC2)c1. The van der Waals surface area contributed by atoms with E-state index < -0.39 is 0 Å². The van der Waals surface area contributed by atoms with Crippen molar-refractivity contribution in [1.29, 1.82) is 0 Å². The number of hydrogen-bond donors (Lipinski definition) is 1. The average molecular weight is 274 g/mol. The maximum Gasteiger partial charge on any atom is 0.0720 e. The van der Waals surface area contributed by atoms with Crippen molar-refractivity contribution in [2.45, 2.75) is 44.9 Å². The van der Waals surface area contributed by atoms with Crippen LogP contribution in [0.4, 0.5) is 0 Å². The lowest BCUT2D eigenvalue weighted by atomic mass is 10.1. The molecule has 0 bridgehead atoms. The number of rotatable bonds is 8. The molecular formula is C17H26N2O. The highest BCUT2D eigenvalue weighted by Crippen LogP contribution is 2.20. The largest absolute Gasteiger partial charge is 0.375 e. The van der Waals surface area contributed by atoms with Crippen molar-refractivity contribution < 1.29 is 4.74 Å². The Labute approximate surface area is 122 Å². The van der Waals surface area contributed by atoms with Gasteiger partial charge in [-0.3, -0.25) is 0 Å². The van der Waals surface area contributed by atoms with Crippen molar-refractivity contribution in [2.75, 3.05) is 26.2 Å². The van der Waals surface area contributed by atoms with Gasteiger partial charge in [-0.25, -0.2) is 0 Å². The van der Waals surface area contributed by atoms with Gasteiger partial charge in [-0.1, -0.05) is 24.3 Å². The zero-order valence-corrected chi connectivity index (χ0v) is 12.3. The number of hydrogen-bond acceptors (Lipinski definition) is 3. The fourth-order valence-corrected chi connectivity index (χ4v) is 2.79.